The van der Waals surface area contributed by atoms with Crippen LogP contribution in [0.1, 0.15) is 25.5 Å². The van der Waals surface area contributed by atoms with E-state index in [2.05, 4.69) is 5.32 Å². The van der Waals surface area contributed by atoms with E-state index in [0.717, 1.165) is 9.87 Å². The molecule has 0 fully saturated rings. The van der Waals surface area contributed by atoms with Crippen molar-refractivity contribution >= 4 is 33.2 Å². The molecule has 3 aromatic rings. The molecular formula is C26H27ClN2O6S. The van der Waals surface area contributed by atoms with Crippen LogP contribution in [0.5, 0.6) is 17.2 Å². The van der Waals surface area contributed by atoms with E-state index in [9.17, 15) is 13.2 Å². The number of amides is 1. The van der Waals surface area contributed by atoms with E-state index in [1.165, 1.54) is 24.3 Å². The molecule has 8 nitrogen and oxygen atoms in total. The molecule has 1 heterocycles. The summed E-state index contributed by atoms with van der Waals surface area (Å²) in [6, 6.07) is 17.4. The van der Waals surface area contributed by atoms with Gasteiger partial charge in [-0.3, -0.25) is 9.10 Å². The number of rotatable bonds is 9. The van der Waals surface area contributed by atoms with Gasteiger partial charge in [0.15, 0.2) is 11.5 Å². The first-order valence-electron chi connectivity index (χ1n) is 11.5. The van der Waals surface area contributed by atoms with E-state index >= 15 is 0 Å². The van der Waals surface area contributed by atoms with Crippen LogP contribution in [0.15, 0.2) is 71.6 Å². The van der Waals surface area contributed by atoms with Crippen molar-refractivity contribution in [2.24, 2.45) is 0 Å². The van der Waals surface area contributed by atoms with E-state index in [1.807, 2.05) is 26.0 Å². The van der Waals surface area contributed by atoms with Crippen LogP contribution in [-0.4, -0.2) is 40.7 Å². The second kappa shape index (κ2) is 11.1. The van der Waals surface area contributed by atoms with Gasteiger partial charge in [0.25, 0.3) is 10.0 Å². The van der Waals surface area contributed by atoms with Crippen molar-refractivity contribution in [3.63, 3.8) is 0 Å². The van der Waals surface area contributed by atoms with Crippen molar-refractivity contribution in [3.8, 4) is 17.2 Å². The minimum atomic E-state index is -4.07. The van der Waals surface area contributed by atoms with Crippen molar-refractivity contribution in [1.29, 1.82) is 0 Å². The van der Waals surface area contributed by atoms with E-state index in [1.54, 1.807) is 30.3 Å². The lowest BCUT2D eigenvalue weighted by Gasteiger charge is -2.26. The number of hydrogen-bond acceptors (Lipinski definition) is 6. The zero-order valence-electron chi connectivity index (χ0n) is 19.9. The van der Waals surface area contributed by atoms with Crippen molar-refractivity contribution < 1.29 is 27.4 Å². The molecule has 0 spiro atoms. The maximum absolute atomic E-state index is 13.5. The molecule has 1 aliphatic rings. The lowest BCUT2D eigenvalue weighted by Crippen LogP contribution is -2.41. The molecule has 1 amide bonds. The zero-order valence-corrected chi connectivity index (χ0v) is 21.5. The number of carbonyl (C=O) groups excluding carboxylic acids is 1. The molecule has 1 aliphatic heterocycles. The molecule has 0 unspecified atom stereocenters. The van der Waals surface area contributed by atoms with Crippen molar-refractivity contribution in [2.45, 2.75) is 24.8 Å². The Morgan fingerprint density at radius 2 is 1.69 bits per heavy atom. The Kier molecular flexibility index (Phi) is 7.91. The van der Waals surface area contributed by atoms with E-state index in [4.69, 9.17) is 25.8 Å². The number of nitrogens with one attached hydrogen (secondary N) is 1. The first-order chi connectivity index (χ1) is 17.3. The average Bonchev–Trinajstić information content (AvgIpc) is 2.88. The molecule has 3 aromatic carbocycles. The molecule has 0 saturated carbocycles. The number of anilines is 1. The second-order valence-corrected chi connectivity index (χ2v) is 10.4. The average molecular weight is 531 g/mol. The van der Waals surface area contributed by atoms with E-state index in [-0.39, 0.29) is 4.90 Å². The minimum absolute atomic E-state index is 0.0217. The SMILES string of the molecule is CCOc1ccc(N(CC(=O)N[C@H](C)c2ccc3c(c2)OCCO3)S(=O)(=O)c2ccc(Cl)cc2)cc1. The van der Waals surface area contributed by atoms with Gasteiger partial charge in [0.1, 0.15) is 25.5 Å². The topological polar surface area (TPSA) is 94.2 Å². The number of hydrogen-bond donors (Lipinski definition) is 1. The van der Waals surface area contributed by atoms with Gasteiger partial charge in [-0.05, 0) is 80.1 Å². The largest absolute Gasteiger partial charge is 0.494 e. The third kappa shape index (κ3) is 5.85. The monoisotopic (exact) mass is 530 g/mol. The van der Waals surface area contributed by atoms with Crippen LogP contribution in [0.3, 0.4) is 0 Å². The number of nitrogens with zero attached hydrogens (tertiary/aromatic N) is 1. The molecule has 0 saturated heterocycles. The molecule has 0 radical (unpaired) electrons. The van der Waals surface area contributed by atoms with Crippen LogP contribution < -0.4 is 23.8 Å². The first kappa shape index (κ1) is 25.7. The Balaban J connectivity index is 1.57. The molecule has 0 aromatic heterocycles. The highest BCUT2D eigenvalue weighted by molar-refractivity contribution is 7.92. The highest BCUT2D eigenvalue weighted by Crippen LogP contribution is 2.33. The molecule has 1 atom stereocenters. The quantitative estimate of drug-likeness (QED) is 0.435. The summed E-state index contributed by atoms with van der Waals surface area (Å²) < 4.78 is 44.8. The molecule has 0 bridgehead atoms. The Labute approximate surface area is 215 Å². The first-order valence-corrected chi connectivity index (χ1v) is 13.3. The molecule has 190 valence electrons. The fourth-order valence-electron chi connectivity index (χ4n) is 3.75. The highest BCUT2D eigenvalue weighted by atomic mass is 35.5. The lowest BCUT2D eigenvalue weighted by molar-refractivity contribution is -0.120. The van der Waals surface area contributed by atoms with E-state index < -0.39 is 28.5 Å². The van der Waals surface area contributed by atoms with Gasteiger partial charge in [-0.25, -0.2) is 8.42 Å². The Bertz CT molecular complexity index is 1310. The molecule has 0 aliphatic carbocycles. The summed E-state index contributed by atoms with van der Waals surface area (Å²) >= 11 is 5.95. The van der Waals surface area contributed by atoms with Gasteiger partial charge in [0, 0.05) is 5.02 Å². The second-order valence-electron chi connectivity index (χ2n) is 8.08. The van der Waals surface area contributed by atoms with Gasteiger partial charge in [-0.1, -0.05) is 17.7 Å². The maximum Gasteiger partial charge on any atom is 0.264 e. The number of halogens is 1. The molecular weight excluding hydrogens is 504 g/mol. The van der Waals surface area contributed by atoms with Crippen LogP contribution in [0.4, 0.5) is 5.69 Å². The zero-order chi connectivity index (χ0) is 25.7. The summed E-state index contributed by atoms with van der Waals surface area (Å²) in [5, 5.41) is 3.29. The van der Waals surface area contributed by atoms with Gasteiger partial charge >= 0.3 is 0 Å². The number of sulfonamides is 1. The molecule has 1 N–H and O–H groups in total. The summed E-state index contributed by atoms with van der Waals surface area (Å²) in [6.07, 6.45) is 0. The van der Waals surface area contributed by atoms with Crippen LogP contribution in [-0.2, 0) is 14.8 Å². The highest BCUT2D eigenvalue weighted by Gasteiger charge is 2.28. The van der Waals surface area contributed by atoms with Gasteiger partial charge in [0.2, 0.25) is 5.91 Å². The van der Waals surface area contributed by atoms with Crippen LogP contribution in [0, 0.1) is 0 Å². The molecule has 10 heteroatoms. The summed E-state index contributed by atoms with van der Waals surface area (Å²) in [5.41, 5.74) is 1.14. The van der Waals surface area contributed by atoms with Gasteiger partial charge in [-0.2, -0.15) is 0 Å². The predicted octanol–water partition coefficient (Wildman–Crippen LogP) is 4.58. The summed E-state index contributed by atoms with van der Waals surface area (Å²) in [6.45, 7) is 4.68. The fraction of sp³-hybridized carbons (Fsp3) is 0.269. The normalized spacial score (nSPS) is 13.5. The third-order valence-electron chi connectivity index (χ3n) is 5.57. The smallest absolute Gasteiger partial charge is 0.264 e. The Morgan fingerprint density at radius 3 is 2.36 bits per heavy atom. The van der Waals surface area contributed by atoms with Gasteiger partial charge in [-0.15, -0.1) is 0 Å². The standard InChI is InChI=1S/C26H27ClN2O6S/c1-3-33-22-9-7-21(8-10-22)29(36(31,32)23-11-5-20(27)6-12-23)17-26(30)28-18(2)19-4-13-24-25(16-19)35-15-14-34-24/h4-13,16,18H,3,14-15,17H2,1-2H3,(H,28,30)/t18-/m1/s1. The van der Waals surface area contributed by atoms with E-state index in [0.29, 0.717) is 47.8 Å². The van der Waals surface area contributed by atoms with Crippen molar-refractivity contribution in [1.82, 2.24) is 5.32 Å². The minimum Gasteiger partial charge on any atom is -0.494 e. The van der Waals surface area contributed by atoms with Crippen LogP contribution in [0.25, 0.3) is 0 Å². The summed E-state index contributed by atoms with van der Waals surface area (Å²) in [5.74, 6) is 1.39. The molecule has 36 heavy (non-hydrogen) atoms. The summed E-state index contributed by atoms with van der Waals surface area (Å²) in [4.78, 5) is 13.1. The Morgan fingerprint density at radius 1 is 1.03 bits per heavy atom. The number of fused-ring (bicyclic) bond motifs is 1. The van der Waals surface area contributed by atoms with Crippen LogP contribution in [0.2, 0.25) is 5.02 Å². The maximum atomic E-state index is 13.5. The van der Waals surface area contributed by atoms with Crippen LogP contribution >= 0.6 is 11.6 Å². The number of benzene rings is 3. The van der Waals surface area contributed by atoms with Gasteiger partial charge < -0.3 is 19.5 Å². The summed E-state index contributed by atoms with van der Waals surface area (Å²) in [7, 11) is -4.07. The number of carbonyl (C=O) groups is 1. The van der Waals surface area contributed by atoms with Gasteiger partial charge in [0.05, 0.1) is 23.2 Å². The third-order valence-corrected chi connectivity index (χ3v) is 7.61. The molecule has 4 rings (SSSR count). The Hall–Kier alpha value is -3.43. The lowest BCUT2D eigenvalue weighted by atomic mass is 10.1. The fourth-order valence-corrected chi connectivity index (χ4v) is 5.30. The van der Waals surface area contributed by atoms with Crippen molar-refractivity contribution in [3.05, 3.63) is 77.3 Å². The van der Waals surface area contributed by atoms with Crippen molar-refractivity contribution in [2.75, 3.05) is 30.7 Å². The predicted molar refractivity (Wildman–Crippen MR) is 138 cm³/mol. The number of ether oxygens (including phenoxy) is 3.